The van der Waals surface area contributed by atoms with Crippen LogP contribution in [0.1, 0.15) is 48.9 Å². The minimum Gasteiger partial charge on any atom is -0.481 e. The van der Waals surface area contributed by atoms with E-state index in [1.54, 1.807) is 17.0 Å². The van der Waals surface area contributed by atoms with E-state index in [1.165, 1.54) is 0 Å². The average molecular weight is 370 g/mol. The monoisotopic (exact) mass is 370 g/mol. The summed E-state index contributed by atoms with van der Waals surface area (Å²) in [5.74, 6) is -1.11. The molecule has 1 aromatic rings. The maximum atomic E-state index is 13.3. The largest absolute Gasteiger partial charge is 0.481 e. The van der Waals surface area contributed by atoms with Crippen LogP contribution < -0.4 is 0 Å². The number of amides is 2. The van der Waals surface area contributed by atoms with Crippen molar-refractivity contribution in [1.29, 1.82) is 0 Å². The highest BCUT2D eigenvalue weighted by atomic mass is 16.4. The molecule has 3 aliphatic rings. The van der Waals surface area contributed by atoms with Gasteiger partial charge in [0.15, 0.2) is 0 Å². The molecule has 1 N–H and O–H groups in total. The molecule has 4 unspecified atom stereocenters. The SMILES string of the molecule is O=C(O)C1CCN(C(=O)C2CC3CCCCC3N2C(=O)c2ccccc2)C1. The molecule has 1 saturated carbocycles. The Morgan fingerprint density at radius 2 is 1.74 bits per heavy atom. The standard InChI is InChI=1S/C21H26N2O4/c24-19(14-6-2-1-3-7-14)23-17-9-5-4-8-15(17)12-18(23)20(25)22-11-10-16(13-22)21(26)27/h1-3,6-7,15-18H,4-5,8-13H2,(H,26,27). The van der Waals surface area contributed by atoms with E-state index in [0.717, 1.165) is 25.7 Å². The number of fused-ring (bicyclic) bond motifs is 1. The van der Waals surface area contributed by atoms with E-state index in [9.17, 15) is 19.5 Å². The Morgan fingerprint density at radius 3 is 2.44 bits per heavy atom. The lowest BCUT2D eigenvalue weighted by Crippen LogP contribution is -2.50. The third-order valence-corrected chi connectivity index (χ3v) is 6.48. The van der Waals surface area contributed by atoms with E-state index >= 15 is 0 Å². The molecule has 2 amide bonds. The van der Waals surface area contributed by atoms with Crippen LogP contribution in [0.3, 0.4) is 0 Å². The smallest absolute Gasteiger partial charge is 0.308 e. The quantitative estimate of drug-likeness (QED) is 0.886. The summed E-state index contributed by atoms with van der Waals surface area (Å²) in [7, 11) is 0. The molecule has 2 aliphatic heterocycles. The van der Waals surface area contributed by atoms with Gasteiger partial charge in [0.25, 0.3) is 5.91 Å². The van der Waals surface area contributed by atoms with E-state index in [-0.39, 0.29) is 24.4 Å². The lowest BCUT2D eigenvalue weighted by molar-refractivity contribution is -0.141. The fourth-order valence-corrected chi connectivity index (χ4v) is 5.08. The Hall–Kier alpha value is -2.37. The van der Waals surface area contributed by atoms with Gasteiger partial charge in [0.1, 0.15) is 6.04 Å². The van der Waals surface area contributed by atoms with Crippen molar-refractivity contribution in [3.05, 3.63) is 35.9 Å². The molecule has 1 aromatic carbocycles. The summed E-state index contributed by atoms with van der Waals surface area (Å²) >= 11 is 0. The van der Waals surface area contributed by atoms with Crippen LogP contribution in [0.4, 0.5) is 0 Å². The molecule has 0 spiro atoms. The first kappa shape index (κ1) is 18.0. The average Bonchev–Trinajstić information content (AvgIpc) is 3.33. The van der Waals surface area contributed by atoms with Crippen LogP contribution in [0.25, 0.3) is 0 Å². The number of rotatable bonds is 3. The summed E-state index contributed by atoms with van der Waals surface area (Å²) in [6.45, 7) is 0.725. The lowest BCUT2D eigenvalue weighted by atomic mass is 9.84. The van der Waals surface area contributed by atoms with E-state index in [1.807, 2.05) is 23.1 Å². The van der Waals surface area contributed by atoms with Gasteiger partial charge in [0.05, 0.1) is 5.92 Å². The molecular formula is C21H26N2O4. The highest BCUT2D eigenvalue weighted by Crippen LogP contribution is 2.41. The van der Waals surface area contributed by atoms with E-state index in [2.05, 4.69) is 0 Å². The fourth-order valence-electron chi connectivity index (χ4n) is 5.08. The second-order valence-electron chi connectivity index (χ2n) is 8.05. The van der Waals surface area contributed by atoms with Gasteiger partial charge in [0.2, 0.25) is 5.91 Å². The molecule has 0 bridgehead atoms. The molecule has 4 atom stereocenters. The van der Waals surface area contributed by atoms with Crippen LogP contribution in [0, 0.1) is 11.8 Å². The summed E-state index contributed by atoms with van der Waals surface area (Å²) in [5.41, 5.74) is 0.617. The predicted octanol–water partition coefficient (Wildman–Crippen LogP) is 2.39. The van der Waals surface area contributed by atoms with E-state index in [0.29, 0.717) is 30.9 Å². The molecule has 6 nitrogen and oxygen atoms in total. The van der Waals surface area contributed by atoms with Crippen molar-refractivity contribution in [2.45, 2.75) is 50.6 Å². The van der Waals surface area contributed by atoms with Gasteiger partial charge in [-0.1, -0.05) is 31.0 Å². The molecule has 6 heteroatoms. The molecule has 0 radical (unpaired) electrons. The second-order valence-corrected chi connectivity index (χ2v) is 8.05. The normalized spacial score (nSPS) is 30.2. The maximum Gasteiger partial charge on any atom is 0.308 e. The van der Waals surface area contributed by atoms with Crippen LogP contribution >= 0.6 is 0 Å². The van der Waals surface area contributed by atoms with Crippen molar-refractivity contribution in [3.8, 4) is 0 Å². The number of aliphatic carboxylic acids is 1. The zero-order chi connectivity index (χ0) is 19.0. The van der Waals surface area contributed by atoms with Crippen LogP contribution in [0.5, 0.6) is 0 Å². The summed E-state index contributed by atoms with van der Waals surface area (Å²) in [5, 5.41) is 9.23. The first-order valence-corrected chi connectivity index (χ1v) is 9.95. The van der Waals surface area contributed by atoms with Gasteiger partial charge >= 0.3 is 5.97 Å². The molecule has 0 aromatic heterocycles. The number of hydrogen-bond donors (Lipinski definition) is 1. The molecule has 4 rings (SSSR count). The van der Waals surface area contributed by atoms with Gasteiger partial charge in [-0.15, -0.1) is 0 Å². The highest BCUT2D eigenvalue weighted by Gasteiger charge is 2.49. The lowest BCUT2D eigenvalue weighted by Gasteiger charge is -2.34. The number of carboxylic acids is 1. The van der Waals surface area contributed by atoms with Crippen molar-refractivity contribution in [2.75, 3.05) is 13.1 Å². The van der Waals surface area contributed by atoms with E-state index < -0.39 is 17.9 Å². The van der Waals surface area contributed by atoms with Gasteiger partial charge in [-0.2, -0.15) is 0 Å². The Kier molecular flexibility index (Phi) is 4.89. The fraction of sp³-hybridized carbons (Fsp3) is 0.571. The van der Waals surface area contributed by atoms with Crippen LogP contribution in [-0.2, 0) is 9.59 Å². The Balaban J connectivity index is 1.58. The number of carboxylic acid groups (broad SMARTS) is 1. The number of benzene rings is 1. The third-order valence-electron chi connectivity index (χ3n) is 6.48. The number of likely N-dealkylation sites (tertiary alicyclic amines) is 2. The number of nitrogens with zero attached hydrogens (tertiary/aromatic N) is 2. The third kappa shape index (κ3) is 3.33. The molecule has 3 fully saturated rings. The zero-order valence-electron chi connectivity index (χ0n) is 15.4. The van der Waals surface area contributed by atoms with Gasteiger partial charge in [-0.05, 0) is 43.7 Å². The van der Waals surface area contributed by atoms with Crippen molar-refractivity contribution < 1.29 is 19.5 Å². The summed E-state index contributed by atoms with van der Waals surface area (Å²) < 4.78 is 0. The van der Waals surface area contributed by atoms with Crippen molar-refractivity contribution in [2.24, 2.45) is 11.8 Å². The summed E-state index contributed by atoms with van der Waals surface area (Å²) in [4.78, 5) is 41.2. The van der Waals surface area contributed by atoms with Crippen LogP contribution in [-0.4, -0.2) is 57.9 Å². The summed E-state index contributed by atoms with van der Waals surface area (Å²) in [6, 6.07) is 8.83. The van der Waals surface area contributed by atoms with Crippen molar-refractivity contribution >= 4 is 17.8 Å². The number of hydrogen-bond acceptors (Lipinski definition) is 3. The molecular weight excluding hydrogens is 344 g/mol. The number of carbonyl (C=O) groups excluding carboxylic acids is 2. The molecule has 2 saturated heterocycles. The van der Waals surface area contributed by atoms with Crippen LogP contribution in [0.2, 0.25) is 0 Å². The van der Waals surface area contributed by atoms with Gasteiger partial charge in [-0.25, -0.2) is 0 Å². The Morgan fingerprint density at radius 1 is 1.00 bits per heavy atom. The summed E-state index contributed by atoms with van der Waals surface area (Å²) in [6.07, 6.45) is 5.45. The second kappa shape index (κ2) is 7.33. The van der Waals surface area contributed by atoms with Crippen molar-refractivity contribution in [3.63, 3.8) is 0 Å². The predicted molar refractivity (Wildman–Crippen MR) is 99.1 cm³/mol. The first-order chi connectivity index (χ1) is 13.1. The molecule has 2 heterocycles. The van der Waals surface area contributed by atoms with Crippen molar-refractivity contribution in [1.82, 2.24) is 9.80 Å². The van der Waals surface area contributed by atoms with Gasteiger partial charge in [0, 0.05) is 24.7 Å². The Bertz CT molecular complexity index is 735. The van der Waals surface area contributed by atoms with Crippen LogP contribution in [0.15, 0.2) is 30.3 Å². The minimum atomic E-state index is -0.845. The topological polar surface area (TPSA) is 77.9 Å². The molecule has 144 valence electrons. The maximum absolute atomic E-state index is 13.3. The Labute approximate surface area is 159 Å². The zero-order valence-corrected chi connectivity index (χ0v) is 15.4. The van der Waals surface area contributed by atoms with Gasteiger partial charge in [-0.3, -0.25) is 14.4 Å². The first-order valence-electron chi connectivity index (χ1n) is 9.95. The highest BCUT2D eigenvalue weighted by molar-refractivity contribution is 5.98. The number of carbonyl (C=O) groups is 3. The van der Waals surface area contributed by atoms with E-state index in [4.69, 9.17) is 0 Å². The molecule has 27 heavy (non-hydrogen) atoms. The molecule has 1 aliphatic carbocycles. The van der Waals surface area contributed by atoms with Gasteiger partial charge < -0.3 is 14.9 Å². The minimum absolute atomic E-state index is 0.0718.